The van der Waals surface area contributed by atoms with Gasteiger partial charge < -0.3 is 25.4 Å². The fourth-order valence-electron chi connectivity index (χ4n) is 3.06. The van der Waals surface area contributed by atoms with Crippen LogP contribution in [0.2, 0.25) is 0 Å². The van der Waals surface area contributed by atoms with Crippen LogP contribution < -0.4 is 20.5 Å². The van der Waals surface area contributed by atoms with Crippen LogP contribution in [0, 0.1) is 0 Å². The maximum Gasteiger partial charge on any atom is 0.226 e. The number of methoxy groups -OCH3 is 1. The molecule has 1 unspecified atom stereocenters. The van der Waals surface area contributed by atoms with Gasteiger partial charge in [-0.05, 0) is 43.5 Å². The SMILES string of the molecule is COc1ccc(OCCC(=O)N2CCCCC2CNC(=O)CCN)cc1.Cl. The molecular weight excluding hydrogens is 370 g/mol. The summed E-state index contributed by atoms with van der Waals surface area (Å²) in [7, 11) is 1.61. The van der Waals surface area contributed by atoms with Gasteiger partial charge >= 0.3 is 0 Å². The van der Waals surface area contributed by atoms with E-state index >= 15 is 0 Å². The van der Waals surface area contributed by atoms with Crippen LogP contribution in [0.25, 0.3) is 0 Å². The third-order valence-electron chi connectivity index (χ3n) is 4.50. The van der Waals surface area contributed by atoms with Crippen molar-refractivity contribution in [3.8, 4) is 11.5 Å². The summed E-state index contributed by atoms with van der Waals surface area (Å²) in [4.78, 5) is 26.1. The number of hydrogen-bond acceptors (Lipinski definition) is 5. The largest absolute Gasteiger partial charge is 0.497 e. The van der Waals surface area contributed by atoms with Crippen molar-refractivity contribution in [2.75, 3.05) is 33.4 Å². The highest BCUT2D eigenvalue weighted by Crippen LogP contribution is 2.19. The van der Waals surface area contributed by atoms with Crippen LogP contribution in [-0.2, 0) is 9.59 Å². The second-order valence-corrected chi connectivity index (χ2v) is 6.35. The predicted molar refractivity (Wildman–Crippen MR) is 106 cm³/mol. The molecule has 3 N–H and O–H groups in total. The molecule has 8 heteroatoms. The molecule has 1 heterocycles. The van der Waals surface area contributed by atoms with Gasteiger partial charge in [-0.2, -0.15) is 0 Å². The number of ether oxygens (including phenoxy) is 2. The molecule has 1 atom stereocenters. The minimum Gasteiger partial charge on any atom is -0.497 e. The van der Waals surface area contributed by atoms with E-state index in [1.807, 2.05) is 29.2 Å². The molecule has 0 aromatic heterocycles. The first-order valence-electron chi connectivity index (χ1n) is 9.17. The molecule has 0 spiro atoms. The van der Waals surface area contributed by atoms with Crippen LogP contribution in [0.15, 0.2) is 24.3 Å². The molecular formula is C19H30ClN3O4. The molecule has 0 radical (unpaired) electrons. The monoisotopic (exact) mass is 399 g/mol. The summed E-state index contributed by atoms with van der Waals surface area (Å²) >= 11 is 0. The Morgan fingerprint density at radius 1 is 1.19 bits per heavy atom. The van der Waals surface area contributed by atoms with E-state index in [1.165, 1.54) is 0 Å². The fourth-order valence-corrected chi connectivity index (χ4v) is 3.06. The van der Waals surface area contributed by atoms with E-state index in [-0.39, 0.29) is 30.3 Å². The average molecular weight is 400 g/mol. The Kier molecular flexibility index (Phi) is 10.6. The number of carbonyl (C=O) groups is 2. The second-order valence-electron chi connectivity index (χ2n) is 6.35. The lowest BCUT2D eigenvalue weighted by molar-refractivity contribution is -0.136. The van der Waals surface area contributed by atoms with Crippen molar-refractivity contribution in [1.29, 1.82) is 0 Å². The van der Waals surface area contributed by atoms with Gasteiger partial charge in [0, 0.05) is 32.1 Å². The number of nitrogens with zero attached hydrogens (tertiary/aromatic N) is 1. The molecule has 1 aliphatic heterocycles. The molecule has 1 aliphatic rings. The normalized spacial score (nSPS) is 16.2. The van der Waals surface area contributed by atoms with Gasteiger partial charge in [0.15, 0.2) is 0 Å². The topological polar surface area (TPSA) is 93.9 Å². The third kappa shape index (κ3) is 7.64. The zero-order valence-electron chi connectivity index (χ0n) is 15.8. The summed E-state index contributed by atoms with van der Waals surface area (Å²) in [6.07, 6.45) is 3.62. The molecule has 0 aliphatic carbocycles. The van der Waals surface area contributed by atoms with Crippen molar-refractivity contribution in [3.63, 3.8) is 0 Å². The molecule has 2 amide bonds. The standard InChI is InChI=1S/C19H29N3O4.ClH/c1-25-16-5-7-17(8-6-16)26-13-10-19(24)22-12-3-2-4-15(22)14-21-18(23)9-11-20;/h5-8,15H,2-4,9-14,20H2,1H3,(H,21,23);1H. The van der Waals surface area contributed by atoms with Crippen molar-refractivity contribution in [2.24, 2.45) is 5.73 Å². The lowest BCUT2D eigenvalue weighted by Crippen LogP contribution is -2.49. The van der Waals surface area contributed by atoms with Crippen LogP contribution in [0.4, 0.5) is 0 Å². The van der Waals surface area contributed by atoms with Crippen LogP contribution >= 0.6 is 12.4 Å². The van der Waals surface area contributed by atoms with Gasteiger partial charge in [0.25, 0.3) is 0 Å². The number of carbonyl (C=O) groups excluding carboxylic acids is 2. The van der Waals surface area contributed by atoms with E-state index in [2.05, 4.69) is 5.32 Å². The molecule has 1 saturated heterocycles. The first kappa shape index (κ1) is 23.0. The molecule has 1 aromatic rings. The first-order valence-corrected chi connectivity index (χ1v) is 9.17. The Labute approximate surface area is 167 Å². The molecule has 7 nitrogen and oxygen atoms in total. The summed E-state index contributed by atoms with van der Waals surface area (Å²) in [5, 5.41) is 2.87. The molecule has 0 bridgehead atoms. The minimum atomic E-state index is -0.0617. The van der Waals surface area contributed by atoms with Gasteiger partial charge in [-0.3, -0.25) is 9.59 Å². The van der Waals surface area contributed by atoms with E-state index in [1.54, 1.807) is 7.11 Å². The van der Waals surface area contributed by atoms with Crippen LogP contribution in [-0.4, -0.2) is 56.1 Å². The minimum absolute atomic E-state index is 0. The first-order chi connectivity index (χ1) is 12.6. The van der Waals surface area contributed by atoms with Gasteiger partial charge in [0.05, 0.1) is 20.1 Å². The van der Waals surface area contributed by atoms with Crippen molar-refractivity contribution in [1.82, 2.24) is 10.2 Å². The second kappa shape index (κ2) is 12.4. The summed E-state index contributed by atoms with van der Waals surface area (Å²) < 4.78 is 10.8. The molecule has 0 saturated carbocycles. The van der Waals surface area contributed by atoms with Gasteiger partial charge in [0.1, 0.15) is 11.5 Å². The average Bonchev–Trinajstić information content (AvgIpc) is 2.67. The number of likely N-dealkylation sites (tertiary alicyclic amines) is 1. The Morgan fingerprint density at radius 2 is 1.89 bits per heavy atom. The molecule has 2 rings (SSSR count). The Balaban J connectivity index is 0.00000364. The number of benzene rings is 1. The number of amides is 2. The van der Waals surface area contributed by atoms with E-state index < -0.39 is 0 Å². The highest BCUT2D eigenvalue weighted by molar-refractivity contribution is 5.85. The highest BCUT2D eigenvalue weighted by Gasteiger charge is 2.26. The van der Waals surface area contributed by atoms with E-state index in [9.17, 15) is 9.59 Å². The van der Waals surface area contributed by atoms with Gasteiger partial charge in [-0.1, -0.05) is 0 Å². The highest BCUT2D eigenvalue weighted by atomic mass is 35.5. The smallest absolute Gasteiger partial charge is 0.226 e. The van der Waals surface area contributed by atoms with Gasteiger partial charge in [-0.15, -0.1) is 12.4 Å². The number of piperidine rings is 1. The maximum absolute atomic E-state index is 12.6. The van der Waals surface area contributed by atoms with Crippen LogP contribution in [0.3, 0.4) is 0 Å². The van der Waals surface area contributed by atoms with Crippen molar-refractivity contribution >= 4 is 24.2 Å². The number of nitrogens with one attached hydrogen (secondary N) is 1. The molecule has 152 valence electrons. The lowest BCUT2D eigenvalue weighted by atomic mass is 10.0. The van der Waals surface area contributed by atoms with Crippen LogP contribution in [0.5, 0.6) is 11.5 Å². The Morgan fingerprint density at radius 3 is 2.56 bits per heavy atom. The zero-order chi connectivity index (χ0) is 18.8. The number of halogens is 1. The maximum atomic E-state index is 12.6. The molecule has 27 heavy (non-hydrogen) atoms. The lowest BCUT2D eigenvalue weighted by Gasteiger charge is -2.36. The Bertz CT molecular complexity index is 583. The summed E-state index contributed by atoms with van der Waals surface area (Å²) in [6, 6.07) is 7.34. The number of nitrogens with two attached hydrogens (primary N) is 1. The molecule has 1 aromatic carbocycles. The quantitative estimate of drug-likeness (QED) is 0.659. The summed E-state index contributed by atoms with van der Waals surface area (Å²) in [5.74, 6) is 1.48. The number of hydrogen-bond donors (Lipinski definition) is 2. The zero-order valence-corrected chi connectivity index (χ0v) is 16.6. The van der Waals surface area contributed by atoms with Crippen LogP contribution in [0.1, 0.15) is 32.1 Å². The Hall–Kier alpha value is -1.99. The van der Waals surface area contributed by atoms with Crippen molar-refractivity contribution in [3.05, 3.63) is 24.3 Å². The van der Waals surface area contributed by atoms with Gasteiger partial charge in [-0.25, -0.2) is 0 Å². The summed E-state index contributed by atoms with van der Waals surface area (Å²) in [5.41, 5.74) is 5.39. The summed E-state index contributed by atoms with van der Waals surface area (Å²) in [6.45, 7) is 1.89. The van der Waals surface area contributed by atoms with E-state index in [0.29, 0.717) is 38.3 Å². The fraction of sp³-hybridized carbons (Fsp3) is 0.579. The third-order valence-corrected chi connectivity index (χ3v) is 4.50. The number of rotatable bonds is 9. The molecule has 1 fully saturated rings. The predicted octanol–water partition coefficient (Wildman–Crippen LogP) is 1.73. The van der Waals surface area contributed by atoms with Crippen molar-refractivity contribution in [2.45, 2.75) is 38.1 Å². The van der Waals surface area contributed by atoms with E-state index in [4.69, 9.17) is 15.2 Å². The van der Waals surface area contributed by atoms with E-state index in [0.717, 1.165) is 31.6 Å². The van der Waals surface area contributed by atoms with Gasteiger partial charge in [0.2, 0.25) is 11.8 Å². The van der Waals surface area contributed by atoms with Crippen molar-refractivity contribution < 1.29 is 19.1 Å².